The lowest BCUT2D eigenvalue weighted by Gasteiger charge is -2.18. The minimum atomic E-state index is 0.503. The zero-order valence-corrected chi connectivity index (χ0v) is 9.24. The van der Waals surface area contributed by atoms with Crippen LogP contribution in [0.1, 0.15) is 18.6 Å². The molecule has 3 nitrogen and oxygen atoms in total. The summed E-state index contributed by atoms with van der Waals surface area (Å²) in [6.07, 6.45) is 5.09. The Labute approximate surface area is 90.8 Å². The zero-order chi connectivity index (χ0) is 10.5. The van der Waals surface area contributed by atoms with Crippen LogP contribution < -0.4 is 5.32 Å². The third-order valence-corrected chi connectivity index (χ3v) is 3.08. The molecule has 1 fully saturated rings. The highest BCUT2D eigenvalue weighted by atomic mass is 16.5. The maximum absolute atomic E-state index is 5.39. The van der Waals surface area contributed by atoms with Gasteiger partial charge in [-0.2, -0.15) is 0 Å². The van der Waals surface area contributed by atoms with E-state index >= 15 is 0 Å². The van der Waals surface area contributed by atoms with E-state index in [0.29, 0.717) is 6.04 Å². The average molecular weight is 209 g/mol. The largest absolute Gasteiger partial charge is 0.469 e. The molecule has 0 saturated carbocycles. The lowest BCUT2D eigenvalue weighted by atomic mass is 9.96. The number of nitrogens with one attached hydrogen (secondary N) is 1. The second-order valence-electron chi connectivity index (χ2n) is 4.23. The molecule has 2 unspecified atom stereocenters. The van der Waals surface area contributed by atoms with Gasteiger partial charge in [0, 0.05) is 25.7 Å². The number of ether oxygens (including phenoxy) is 1. The molecule has 1 aliphatic rings. The number of rotatable bonds is 5. The fourth-order valence-corrected chi connectivity index (χ4v) is 2.15. The van der Waals surface area contributed by atoms with Crippen molar-refractivity contribution >= 4 is 0 Å². The van der Waals surface area contributed by atoms with Crippen LogP contribution in [0, 0.1) is 5.92 Å². The van der Waals surface area contributed by atoms with Crippen molar-refractivity contribution in [3.05, 3.63) is 24.2 Å². The van der Waals surface area contributed by atoms with Gasteiger partial charge in [-0.15, -0.1) is 0 Å². The van der Waals surface area contributed by atoms with Crippen LogP contribution in [0.4, 0.5) is 0 Å². The molecule has 1 aromatic rings. The monoisotopic (exact) mass is 209 g/mol. The van der Waals surface area contributed by atoms with Crippen molar-refractivity contribution in [1.29, 1.82) is 0 Å². The third-order valence-electron chi connectivity index (χ3n) is 3.08. The highest BCUT2D eigenvalue weighted by molar-refractivity contribution is 5.00. The molecule has 2 atom stereocenters. The predicted molar refractivity (Wildman–Crippen MR) is 58.8 cm³/mol. The summed E-state index contributed by atoms with van der Waals surface area (Å²) in [5.41, 5.74) is 0. The quantitative estimate of drug-likeness (QED) is 0.803. The summed E-state index contributed by atoms with van der Waals surface area (Å²) in [5.74, 6) is 1.78. The first-order valence-electron chi connectivity index (χ1n) is 5.66. The molecule has 1 aromatic heterocycles. The van der Waals surface area contributed by atoms with Crippen LogP contribution in [0.2, 0.25) is 0 Å². The van der Waals surface area contributed by atoms with Crippen LogP contribution in [-0.2, 0) is 11.2 Å². The van der Waals surface area contributed by atoms with Crippen LogP contribution in [0.25, 0.3) is 0 Å². The van der Waals surface area contributed by atoms with Crippen molar-refractivity contribution in [1.82, 2.24) is 5.32 Å². The Kier molecular flexibility index (Phi) is 3.80. The molecule has 3 heteroatoms. The normalized spacial score (nSPS) is 23.1. The van der Waals surface area contributed by atoms with Crippen molar-refractivity contribution in [3.63, 3.8) is 0 Å². The van der Waals surface area contributed by atoms with Crippen LogP contribution in [0.15, 0.2) is 22.8 Å². The van der Waals surface area contributed by atoms with E-state index < -0.39 is 0 Å². The summed E-state index contributed by atoms with van der Waals surface area (Å²) in [6, 6.07) is 4.49. The summed E-state index contributed by atoms with van der Waals surface area (Å²) >= 11 is 0. The molecule has 0 aliphatic carbocycles. The van der Waals surface area contributed by atoms with E-state index in [-0.39, 0.29) is 0 Å². The van der Waals surface area contributed by atoms with Gasteiger partial charge in [0.2, 0.25) is 0 Å². The maximum Gasteiger partial charge on any atom is 0.105 e. The minimum Gasteiger partial charge on any atom is -0.469 e. The Hall–Kier alpha value is -0.800. The van der Waals surface area contributed by atoms with E-state index in [1.807, 2.05) is 19.2 Å². The molecule has 0 radical (unpaired) electrons. The first-order chi connectivity index (χ1) is 7.38. The van der Waals surface area contributed by atoms with Crippen molar-refractivity contribution in [2.75, 3.05) is 20.3 Å². The summed E-state index contributed by atoms with van der Waals surface area (Å²) < 4.78 is 10.7. The number of furan rings is 1. The van der Waals surface area contributed by atoms with Gasteiger partial charge in [-0.3, -0.25) is 0 Å². The Morgan fingerprint density at radius 1 is 1.60 bits per heavy atom. The lowest BCUT2D eigenvalue weighted by molar-refractivity contribution is 0.181. The number of likely N-dealkylation sites (N-methyl/N-ethyl adjacent to an activating group) is 1. The molecule has 0 aromatic carbocycles. The molecule has 2 heterocycles. The predicted octanol–water partition coefficient (Wildman–Crippen LogP) is 1.84. The fraction of sp³-hybridized carbons (Fsp3) is 0.667. The average Bonchev–Trinajstić information content (AvgIpc) is 2.89. The summed E-state index contributed by atoms with van der Waals surface area (Å²) in [6.45, 7) is 1.86. The fourth-order valence-electron chi connectivity index (χ4n) is 2.15. The maximum atomic E-state index is 5.39. The summed E-state index contributed by atoms with van der Waals surface area (Å²) in [5, 5.41) is 3.35. The van der Waals surface area contributed by atoms with Gasteiger partial charge >= 0.3 is 0 Å². The van der Waals surface area contributed by atoms with E-state index in [1.165, 1.54) is 12.8 Å². The van der Waals surface area contributed by atoms with Crippen molar-refractivity contribution in [2.45, 2.75) is 25.3 Å². The van der Waals surface area contributed by atoms with E-state index in [0.717, 1.165) is 31.3 Å². The third kappa shape index (κ3) is 3.08. The Morgan fingerprint density at radius 3 is 3.13 bits per heavy atom. The van der Waals surface area contributed by atoms with Gasteiger partial charge in [0.05, 0.1) is 6.26 Å². The topological polar surface area (TPSA) is 34.4 Å². The van der Waals surface area contributed by atoms with Crippen LogP contribution in [0.3, 0.4) is 0 Å². The summed E-state index contributed by atoms with van der Waals surface area (Å²) in [7, 11) is 2.02. The molecule has 0 amide bonds. The molecular formula is C12H19NO2. The molecule has 1 N–H and O–H groups in total. The minimum absolute atomic E-state index is 0.503. The SMILES string of the molecule is CNC(Cc1ccco1)CC1CCOC1. The van der Waals surface area contributed by atoms with E-state index in [2.05, 4.69) is 5.32 Å². The lowest BCUT2D eigenvalue weighted by Crippen LogP contribution is -2.30. The molecule has 84 valence electrons. The van der Waals surface area contributed by atoms with E-state index in [4.69, 9.17) is 9.15 Å². The van der Waals surface area contributed by atoms with Crippen LogP contribution in [-0.4, -0.2) is 26.3 Å². The van der Waals surface area contributed by atoms with Crippen molar-refractivity contribution in [3.8, 4) is 0 Å². The van der Waals surface area contributed by atoms with Gasteiger partial charge in [0.1, 0.15) is 5.76 Å². The van der Waals surface area contributed by atoms with Gasteiger partial charge in [-0.05, 0) is 37.9 Å². The molecular weight excluding hydrogens is 190 g/mol. The second kappa shape index (κ2) is 5.33. The molecule has 1 saturated heterocycles. The van der Waals surface area contributed by atoms with Gasteiger partial charge < -0.3 is 14.5 Å². The zero-order valence-electron chi connectivity index (χ0n) is 9.24. The first-order valence-corrected chi connectivity index (χ1v) is 5.66. The molecule has 2 rings (SSSR count). The molecule has 0 spiro atoms. The van der Waals surface area contributed by atoms with Gasteiger partial charge in [-0.1, -0.05) is 0 Å². The molecule has 0 bridgehead atoms. The van der Waals surface area contributed by atoms with Gasteiger partial charge in [0.25, 0.3) is 0 Å². The standard InChI is InChI=1S/C12H19NO2/c1-13-11(7-10-4-6-14-9-10)8-12-3-2-5-15-12/h2-3,5,10-11,13H,4,6-9H2,1H3. The smallest absolute Gasteiger partial charge is 0.105 e. The van der Waals surface area contributed by atoms with E-state index in [9.17, 15) is 0 Å². The second-order valence-corrected chi connectivity index (χ2v) is 4.23. The Bertz CT molecular complexity index is 265. The molecule has 15 heavy (non-hydrogen) atoms. The number of hydrogen-bond acceptors (Lipinski definition) is 3. The van der Waals surface area contributed by atoms with Crippen molar-refractivity contribution < 1.29 is 9.15 Å². The highest BCUT2D eigenvalue weighted by Gasteiger charge is 2.20. The van der Waals surface area contributed by atoms with Gasteiger partial charge in [-0.25, -0.2) is 0 Å². The summed E-state index contributed by atoms with van der Waals surface area (Å²) in [4.78, 5) is 0. The number of hydrogen-bond donors (Lipinski definition) is 1. The van der Waals surface area contributed by atoms with Crippen LogP contribution >= 0.6 is 0 Å². The first kappa shape index (κ1) is 10.7. The highest BCUT2D eigenvalue weighted by Crippen LogP contribution is 2.19. The van der Waals surface area contributed by atoms with Gasteiger partial charge in [0.15, 0.2) is 0 Å². The molecule has 1 aliphatic heterocycles. The van der Waals surface area contributed by atoms with Crippen LogP contribution in [0.5, 0.6) is 0 Å². The Morgan fingerprint density at radius 2 is 2.53 bits per heavy atom. The van der Waals surface area contributed by atoms with E-state index in [1.54, 1.807) is 6.26 Å². The van der Waals surface area contributed by atoms with Crippen molar-refractivity contribution in [2.24, 2.45) is 5.92 Å². The Balaban J connectivity index is 1.81.